The molecule has 1 aromatic rings. The first-order chi connectivity index (χ1) is 13.6. The smallest absolute Gasteiger partial charge is 0.243 e. The summed E-state index contributed by atoms with van der Waals surface area (Å²) in [6, 6.07) is 0. The zero-order valence-electron chi connectivity index (χ0n) is 18.4. The quantitative estimate of drug-likeness (QED) is 0.732. The van der Waals surface area contributed by atoms with Gasteiger partial charge in [0, 0.05) is 39.2 Å². The molecule has 1 amide bonds. The zero-order valence-corrected chi connectivity index (χ0v) is 19.2. The van der Waals surface area contributed by atoms with Crippen molar-refractivity contribution in [2.75, 3.05) is 32.8 Å². The van der Waals surface area contributed by atoms with Crippen LogP contribution in [0.15, 0.2) is 4.90 Å². The van der Waals surface area contributed by atoms with E-state index in [1.165, 1.54) is 0 Å². The number of carbonyl (C=O) groups excluding carboxylic acids is 1. The molecule has 2 fully saturated rings. The molecule has 7 heteroatoms. The topological polar surface area (TPSA) is 66.9 Å². The molecule has 1 atom stereocenters. The molecule has 1 unspecified atom stereocenters. The number of benzene rings is 1. The van der Waals surface area contributed by atoms with Crippen molar-refractivity contribution in [3.8, 4) is 0 Å². The van der Waals surface area contributed by atoms with Crippen LogP contribution in [0.3, 0.4) is 0 Å². The first kappa shape index (κ1) is 22.2. The molecular weight excluding hydrogens is 388 g/mol. The summed E-state index contributed by atoms with van der Waals surface area (Å²) >= 11 is 0. The predicted molar refractivity (Wildman–Crippen MR) is 114 cm³/mol. The Kier molecular flexibility index (Phi) is 6.70. The normalized spacial score (nSPS) is 21.0. The minimum absolute atomic E-state index is 0.104. The highest BCUT2D eigenvalue weighted by molar-refractivity contribution is 7.89. The van der Waals surface area contributed by atoms with Crippen LogP contribution in [0.2, 0.25) is 0 Å². The summed E-state index contributed by atoms with van der Waals surface area (Å²) in [4.78, 5) is 14.8. The first-order valence-corrected chi connectivity index (χ1v) is 12.0. The van der Waals surface area contributed by atoms with Crippen LogP contribution in [0, 0.1) is 34.6 Å². The number of amides is 1. The van der Waals surface area contributed by atoms with Crippen molar-refractivity contribution in [1.82, 2.24) is 9.21 Å². The minimum atomic E-state index is -3.58. The van der Waals surface area contributed by atoms with Crippen molar-refractivity contribution in [2.45, 2.75) is 71.3 Å². The summed E-state index contributed by atoms with van der Waals surface area (Å²) in [5, 5.41) is 0. The molecule has 0 radical (unpaired) electrons. The van der Waals surface area contributed by atoms with Crippen LogP contribution < -0.4 is 0 Å². The number of hydrogen-bond donors (Lipinski definition) is 0. The lowest BCUT2D eigenvalue weighted by Crippen LogP contribution is -2.50. The van der Waals surface area contributed by atoms with Gasteiger partial charge in [0.05, 0.1) is 11.0 Å². The number of piperazine rings is 1. The molecular formula is C22H34N2O4S. The number of carbonyl (C=O) groups is 1. The first-order valence-electron chi connectivity index (χ1n) is 10.6. The molecule has 0 aromatic heterocycles. The van der Waals surface area contributed by atoms with Gasteiger partial charge in [0.25, 0.3) is 0 Å². The predicted octanol–water partition coefficient (Wildman–Crippen LogP) is 3.02. The molecule has 0 bridgehead atoms. The zero-order chi connectivity index (χ0) is 21.3. The standard InChI is InChI=1S/C22H34N2O4S/c1-15-16(2)18(4)22(19(5)17(15)3)29(26,27)24-12-10-23(11-13-24)21(25)9-8-20-7-6-14-28-20/h20H,6-14H2,1-5H3. The maximum atomic E-state index is 13.4. The van der Waals surface area contributed by atoms with E-state index >= 15 is 0 Å². The van der Waals surface area contributed by atoms with Crippen LogP contribution in [0.1, 0.15) is 53.5 Å². The number of hydrogen-bond acceptors (Lipinski definition) is 4. The minimum Gasteiger partial charge on any atom is -0.378 e. The Bertz CT molecular complexity index is 852. The Balaban J connectivity index is 1.68. The molecule has 0 aliphatic carbocycles. The maximum absolute atomic E-state index is 13.4. The number of rotatable bonds is 5. The van der Waals surface area contributed by atoms with E-state index < -0.39 is 10.0 Å². The van der Waals surface area contributed by atoms with Crippen molar-refractivity contribution in [2.24, 2.45) is 0 Å². The Morgan fingerprint density at radius 1 is 0.931 bits per heavy atom. The molecule has 6 nitrogen and oxygen atoms in total. The van der Waals surface area contributed by atoms with E-state index in [9.17, 15) is 13.2 Å². The van der Waals surface area contributed by atoms with Crippen molar-refractivity contribution in [1.29, 1.82) is 0 Å². The van der Waals surface area contributed by atoms with Gasteiger partial charge in [0.1, 0.15) is 0 Å². The summed E-state index contributed by atoms with van der Waals surface area (Å²) in [6.45, 7) is 12.2. The molecule has 0 N–H and O–H groups in total. The van der Waals surface area contributed by atoms with Gasteiger partial charge in [-0.3, -0.25) is 4.79 Å². The van der Waals surface area contributed by atoms with Gasteiger partial charge in [-0.05, 0) is 81.7 Å². The average molecular weight is 423 g/mol. The van der Waals surface area contributed by atoms with E-state index in [0.717, 1.165) is 53.7 Å². The summed E-state index contributed by atoms with van der Waals surface area (Å²) < 4.78 is 34.0. The SMILES string of the molecule is Cc1c(C)c(C)c(S(=O)(=O)N2CCN(C(=O)CCC3CCCO3)CC2)c(C)c1C. The van der Waals surface area contributed by atoms with Gasteiger partial charge in [0.15, 0.2) is 0 Å². The monoisotopic (exact) mass is 422 g/mol. The summed E-state index contributed by atoms with van der Waals surface area (Å²) in [5.74, 6) is 0.104. The van der Waals surface area contributed by atoms with Crippen LogP contribution in [0.25, 0.3) is 0 Å². The lowest BCUT2D eigenvalue weighted by molar-refractivity contribution is -0.133. The lowest BCUT2D eigenvalue weighted by atomic mass is 9.95. The average Bonchev–Trinajstić information content (AvgIpc) is 3.22. The van der Waals surface area contributed by atoms with Crippen LogP contribution in [-0.2, 0) is 19.6 Å². The van der Waals surface area contributed by atoms with E-state index in [1.54, 1.807) is 9.21 Å². The number of nitrogens with zero attached hydrogens (tertiary/aromatic N) is 2. The van der Waals surface area contributed by atoms with E-state index in [1.807, 2.05) is 34.6 Å². The molecule has 2 aliphatic rings. The third kappa shape index (κ3) is 4.37. The van der Waals surface area contributed by atoms with Gasteiger partial charge < -0.3 is 9.64 Å². The highest BCUT2D eigenvalue weighted by Gasteiger charge is 2.33. The van der Waals surface area contributed by atoms with Crippen LogP contribution in [0.5, 0.6) is 0 Å². The number of ether oxygens (including phenoxy) is 1. The fraction of sp³-hybridized carbons (Fsp3) is 0.682. The summed E-state index contributed by atoms with van der Waals surface area (Å²) in [5.41, 5.74) is 4.89. The second-order valence-electron chi connectivity index (χ2n) is 8.41. The molecule has 2 saturated heterocycles. The van der Waals surface area contributed by atoms with Crippen LogP contribution in [0.4, 0.5) is 0 Å². The van der Waals surface area contributed by atoms with Crippen molar-refractivity contribution in [3.05, 3.63) is 27.8 Å². The van der Waals surface area contributed by atoms with Gasteiger partial charge in [0.2, 0.25) is 15.9 Å². The van der Waals surface area contributed by atoms with E-state index in [4.69, 9.17) is 4.74 Å². The van der Waals surface area contributed by atoms with Crippen molar-refractivity contribution >= 4 is 15.9 Å². The maximum Gasteiger partial charge on any atom is 0.243 e. The Labute approximate surface area is 175 Å². The summed E-state index contributed by atoms with van der Waals surface area (Å²) in [6.07, 6.45) is 3.56. The van der Waals surface area contributed by atoms with E-state index in [0.29, 0.717) is 37.5 Å². The van der Waals surface area contributed by atoms with Crippen LogP contribution >= 0.6 is 0 Å². The lowest BCUT2D eigenvalue weighted by Gasteiger charge is -2.35. The number of sulfonamides is 1. The third-order valence-electron chi connectivity index (χ3n) is 6.82. The van der Waals surface area contributed by atoms with Gasteiger partial charge in [-0.15, -0.1) is 0 Å². The highest BCUT2D eigenvalue weighted by Crippen LogP contribution is 2.32. The Hall–Kier alpha value is -1.44. The van der Waals surface area contributed by atoms with Crippen molar-refractivity contribution < 1.29 is 17.9 Å². The summed E-state index contributed by atoms with van der Waals surface area (Å²) in [7, 11) is -3.58. The third-order valence-corrected chi connectivity index (χ3v) is 9.00. The van der Waals surface area contributed by atoms with Crippen molar-refractivity contribution in [3.63, 3.8) is 0 Å². The molecule has 2 aliphatic heterocycles. The Morgan fingerprint density at radius 2 is 1.48 bits per heavy atom. The molecule has 2 heterocycles. The second-order valence-corrected chi connectivity index (χ2v) is 10.3. The van der Waals surface area contributed by atoms with E-state index in [2.05, 4.69) is 0 Å². The van der Waals surface area contributed by atoms with Gasteiger partial charge in [-0.25, -0.2) is 8.42 Å². The van der Waals surface area contributed by atoms with Gasteiger partial charge >= 0.3 is 0 Å². The van der Waals surface area contributed by atoms with Gasteiger partial charge in [-0.2, -0.15) is 4.31 Å². The molecule has 0 spiro atoms. The molecule has 29 heavy (non-hydrogen) atoms. The van der Waals surface area contributed by atoms with E-state index in [-0.39, 0.29) is 12.0 Å². The highest BCUT2D eigenvalue weighted by atomic mass is 32.2. The van der Waals surface area contributed by atoms with Crippen LogP contribution in [-0.4, -0.2) is 62.4 Å². The second kappa shape index (κ2) is 8.74. The Morgan fingerprint density at radius 3 is 2.00 bits per heavy atom. The molecule has 1 aromatic carbocycles. The molecule has 3 rings (SSSR count). The fourth-order valence-corrected chi connectivity index (χ4v) is 6.46. The molecule has 162 valence electrons. The van der Waals surface area contributed by atoms with Gasteiger partial charge in [-0.1, -0.05) is 0 Å². The molecule has 0 saturated carbocycles. The largest absolute Gasteiger partial charge is 0.378 e. The fourth-order valence-electron chi connectivity index (χ4n) is 4.47.